The smallest absolute Gasteiger partial charge is 0.303 e. The first kappa shape index (κ1) is 21.2. The van der Waals surface area contributed by atoms with Gasteiger partial charge in [-0.2, -0.15) is 0 Å². The van der Waals surface area contributed by atoms with Gasteiger partial charge in [0.05, 0.1) is 12.7 Å². The van der Waals surface area contributed by atoms with Crippen molar-refractivity contribution in [2.24, 2.45) is 13.0 Å². The average molecular weight is 421 g/mol. The largest absolute Gasteiger partial charge is 0.508 e. The van der Waals surface area contributed by atoms with E-state index in [2.05, 4.69) is 16.7 Å². The summed E-state index contributed by atoms with van der Waals surface area (Å²) in [5.74, 6) is -0.606. The lowest BCUT2D eigenvalue weighted by atomic mass is 9.91. The molecule has 162 valence electrons. The third kappa shape index (κ3) is 4.65. The Morgan fingerprint density at radius 3 is 2.71 bits per heavy atom. The van der Waals surface area contributed by atoms with Crippen molar-refractivity contribution < 1.29 is 24.5 Å². The van der Waals surface area contributed by atoms with Gasteiger partial charge in [-0.3, -0.25) is 4.79 Å². The zero-order valence-corrected chi connectivity index (χ0v) is 17.5. The van der Waals surface area contributed by atoms with Crippen molar-refractivity contribution in [2.75, 3.05) is 6.61 Å². The Morgan fingerprint density at radius 2 is 1.90 bits per heavy atom. The van der Waals surface area contributed by atoms with Crippen molar-refractivity contribution >= 4 is 16.9 Å². The molecule has 3 aromatic rings. The zero-order valence-electron chi connectivity index (χ0n) is 17.5. The first-order chi connectivity index (χ1) is 15.0. The Morgan fingerprint density at radius 1 is 1.13 bits per heavy atom. The molecule has 3 atom stereocenters. The fourth-order valence-electron chi connectivity index (χ4n) is 4.15. The molecule has 1 fully saturated rings. The molecule has 2 aromatic carbocycles. The van der Waals surface area contributed by atoms with Gasteiger partial charge in [0, 0.05) is 47.6 Å². The number of ether oxygens (including phenoxy) is 2. The summed E-state index contributed by atoms with van der Waals surface area (Å²) < 4.78 is 14.6. The van der Waals surface area contributed by atoms with E-state index in [9.17, 15) is 9.90 Å². The molecule has 2 heterocycles. The molecule has 1 aliphatic heterocycles. The summed E-state index contributed by atoms with van der Waals surface area (Å²) in [5, 5.41) is 20.4. The molecule has 31 heavy (non-hydrogen) atoms. The molecular formula is C25H27NO5. The van der Waals surface area contributed by atoms with E-state index < -0.39 is 12.3 Å². The minimum atomic E-state index is -0.806. The molecular weight excluding hydrogens is 394 g/mol. The number of carboxylic acid groups (broad SMARTS) is 1. The van der Waals surface area contributed by atoms with Crippen LogP contribution in [0.5, 0.6) is 5.75 Å². The number of hydrogen-bond acceptors (Lipinski definition) is 4. The molecule has 0 aliphatic carbocycles. The van der Waals surface area contributed by atoms with Crippen LogP contribution < -0.4 is 0 Å². The quantitative estimate of drug-likeness (QED) is 0.519. The van der Waals surface area contributed by atoms with Gasteiger partial charge in [-0.25, -0.2) is 0 Å². The maximum atomic E-state index is 10.7. The first-order valence-electron chi connectivity index (χ1n) is 10.5. The van der Waals surface area contributed by atoms with Crippen molar-refractivity contribution in [3.05, 3.63) is 78.0 Å². The molecule has 1 unspecified atom stereocenters. The minimum absolute atomic E-state index is 0.000560. The number of para-hydroxylation sites is 2. The monoisotopic (exact) mass is 421 g/mol. The second-order valence-electron chi connectivity index (χ2n) is 7.89. The molecule has 0 amide bonds. The molecule has 0 spiro atoms. The Hall–Kier alpha value is -3.09. The summed E-state index contributed by atoms with van der Waals surface area (Å²) in [6, 6.07) is 15.4. The number of benzene rings is 2. The van der Waals surface area contributed by atoms with Crippen LogP contribution in [0.15, 0.2) is 66.9 Å². The van der Waals surface area contributed by atoms with Crippen LogP contribution in [0, 0.1) is 5.92 Å². The van der Waals surface area contributed by atoms with Crippen LogP contribution in [0.2, 0.25) is 0 Å². The van der Waals surface area contributed by atoms with E-state index in [4.69, 9.17) is 14.6 Å². The summed E-state index contributed by atoms with van der Waals surface area (Å²) >= 11 is 0. The van der Waals surface area contributed by atoms with Gasteiger partial charge in [-0.15, -0.1) is 0 Å². The van der Waals surface area contributed by atoms with E-state index >= 15 is 0 Å². The first-order valence-corrected chi connectivity index (χ1v) is 10.5. The Labute approximate surface area is 181 Å². The number of fused-ring (bicyclic) bond motifs is 1. The average Bonchev–Trinajstić information content (AvgIpc) is 3.11. The number of aromatic nitrogens is 1. The maximum absolute atomic E-state index is 10.7. The highest BCUT2D eigenvalue weighted by atomic mass is 16.7. The normalized spacial score (nSPS) is 21.6. The third-order valence-electron chi connectivity index (χ3n) is 5.72. The van der Waals surface area contributed by atoms with E-state index in [0.717, 1.165) is 22.0 Å². The van der Waals surface area contributed by atoms with Crippen LogP contribution in [0.3, 0.4) is 0 Å². The zero-order chi connectivity index (χ0) is 21.8. The number of allylic oxidation sites excluding steroid dienone is 2. The molecule has 4 rings (SSSR count). The number of carbonyl (C=O) groups is 1. The predicted molar refractivity (Wildman–Crippen MR) is 118 cm³/mol. The lowest BCUT2D eigenvalue weighted by Gasteiger charge is -2.36. The lowest BCUT2D eigenvalue weighted by molar-refractivity contribution is -0.243. The van der Waals surface area contributed by atoms with Crippen molar-refractivity contribution in [1.82, 2.24) is 4.57 Å². The van der Waals surface area contributed by atoms with Gasteiger partial charge in [-0.1, -0.05) is 48.6 Å². The summed E-state index contributed by atoms with van der Waals surface area (Å²) in [5.41, 5.74) is 2.81. The summed E-state index contributed by atoms with van der Waals surface area (Å²) in [6.07, 6.45) is 6.28. The van der Waals surface area contributed by atoms with Crippen LogP contribution >= 0.6 is 0 Å². The summed E-state index contributed by atoms with van der Waals surface area (Å²) in [6.45, 7) is 0.468. The Balaban J connectivity index is 1.58. The fraction of sp³-hybridized carbons (Fsp3) is 0.320. The third-order valence-corrected chi connectivity index (χ3v) is 5.72. The second kappa shape index (κ2) is 9.37. The highest BCUT2D eigenvalue weighted by Crippen LogP contribution is 2.43. The molecule has 6 nitrogen and oxygen atoms in total. The molecule has 6 heteroatoms. The Bertz CT molecular complexity index is 1090. The predicted octanol–water partition coefficient (Wildman–Crippen LogP) is 5.10. The van der Waals surface area contributed by atoms with Crippen molar-refractivity contribution in [2.45, 2.75) is 31.7 Å². The van der Waals surface area contributed by atoms with Gasteiger partial charge in [-0.05, 0) is 25.0 Å². The second-order valence-corrected chi connectivity index (χ2v) is 7.89. The number of nitrogens with zero attached hydrogens (tertiary/aromatic N) is 1. The van der Waals surface area contributed by atoms with Crippen LogP contribution in [-0.4, -0.2) is 27.4 Å². The van der Waals surface area contributed by atoms with Crippen LogP contribution in [0.25, 0.3) is 10.9 Å². The molecule has 1 aromatic heterocycles. The lowest BCUT2D eigenvalue weighted by Crippen LogP contribution is -2.30. The van der Waals surface area contributed by atoms with E-state index in [-0.39, 0.29) is 24.2 Å². The molecule has 0 bridgehead atoms. The van der Waals surface area contributed by atoms with Crippen LogP contribution in [0.4, 0.5) is 0 Å². The number of phenolic OH excluding ortho intramolecular Hbond substituents is 1. The standard InChI is InChI=1S/C25H27NO5/c1-26-15-20(18-10-5-7-12-21(18)26)25-30-16-17(9-3-2-4-14-23(28)29)24(31-25)19-11-6-8-13-22(19)27/h2-3,5-8,10-13,15,17,24-25,27H,4,9,14,16H2,1H3,(H,28,29)/t17-,24+,25?/m1/s1. The van der Waals surface area contributed by atoms with Gasteiger partial charge in [0.1, 0.15) is 5.75 Å². The van der Waals surface area contributed by atoms with Crippen molar-refractivity contribution in [3.63, 3.8) is 0 Å². The van der Waals surface area contributed by atoms with Crippen LogP contribution in [-0.2, 0) is 21.3 Å². The van der Waals surface area contributed by atoms with Gasteiger partial charge < -0.3 is 24.3 Å². The van der Waals surface area contributed by atoms with E-state index in [1.54, 1.807) is 12.1 Å². The maximum Gasteiger partial charge on any atom is 0.303 e. The number of aromatic hydroxyl groups is 1. The summed E-state index contributed by atoms with van der Waals surface area (Å²) in [4.78, 5) is 10.7. The highest BCUT2D eigenvalue weighted by molar-refractivity contribution is 5.84. The number of rotatable bonds is 7. The number of aliphatic carboxylic acids is 1. The van der Waals surface area contributed by atoms with E-state index in [1.807, 2.05) is 49.7 Å². The van der Waals surface area contributed by atoms with Crippen molar-refractivity contribution in [1.29, 1.82) is 0 Å². The molecule has 0 saturated carbocycles. The van der Waals surface area contributed by atoms with Crippen LogP contribution in [0.1, 0.15) is 42.8 Å². The highest BCUT2D eigenvalue weighted by Gasteiger charge is 2.35. The number of carboxylic acids is 1. The minimum Gasteiger partial charge on any atom is -0.508 e. The number of hydrogen-bond donors (Lipinski definition) is 2. The van der Waals surface area contributed by atoms with Gasteiger partial charge >= 0.3 is 5.97 Å². The van der Waals surface area contributed by atoms with Crippen molar-refractivity contribution in [3.8, 4) is 5.75 Å². The van der Waals surface area contributed by atoms with E-state index in [1.165, 1.54) is 0 Å². The topological polar surface area (TPSA) is 80.9 Å². The van der Waals surface area contributed by atoms with Gasteiger partial charge in [0.15, 0.2) is 6.29 Å². The SMILES string of the molecule is Cn1cc(C2OC[C@@H](CC=CCCC(=O)O)[C@@H](c3ccccc3O)O2)c2ccccc21. The molecule has 0 radical (unpaired) electrons. The van der Waals surface area contributed by atoms with Gasteiger partial charge in [0.2, 0.25) is 0 Å². The van der Waals surface area contributed by atoms with Gasteiger partial charge in [0.25, 0.3) is 0 Å². The Kier molecular flexibility index (Phi) is 6.39. The number of aryl methyl sites for hydroxylation is 1. The van der Waals surface area contributed by atoms with E-state index in [0.29, 0.717) is 19.4 Å². The molecule has 1 saturated heterocycles. The molecule has 2 N–H and O–H groups in total. The molecule has 1 aliphatic rings. The summed E-state index contributed by atoms with van der Waals surface area (Å²) in [7, 11) is 2.00. The number of phenols is 1. The fourth-order valence-corrected chi connectivity index (χ4v) is 4.15.